The third-order valence-corrected chi connectivity index (χ3v) is 8.60. The van der Waals surface area contributed by atoms with E-state index >= 15 is 0 Å². The Morgan fingerprint density at radius 3 is 2.55 bits per heavy atom. The average molecular weight is 610 g/mol. The van der Waals surface area contributed by atoms with E-state index in [4.69, 9.17) is 9.84 Å². The number of anilines is 1. The molecule has 1 amide bonds. The van der Waals surface area contributed by atoms with Crippen LogP contribution in [0.2, 0.25) is 0 Å². The molecular formula is C34H39N7O2S. The van der Waals surface area contributed by atoms with Crippen LogP contribution >= 0.6 is 11.8 Å². The SMILES string of the molecule is CC(C)c1nnc2ccc(Sc3cccc(C(=O)Nc4cc(C(C)(C)C)nn4-c4cccc(CN5CCOCC5)c4)c3)cn12. The van der Waals surface area contributed by atoms with Crippen LogP contribution in [0.25, 0.3) is 11.3 Å². The van der Waals surface area contributed by atoms with Gasteiger partial charge in [-0.1, -0.05) is 64.6 Å². The first kappa shape index (κ1) is 30.1. The van der Waals surface area contributed by atoms with Crippen LogP contribution in [-0.4, -0.2) is 61.5 Å². The molecule has 1 fully saturated rings. The molecule has 228 valence electrons. The van der Waals surface area contributed by atoms with E-state index in [0.717, 1.165) is 65.5 Å². The number of benzene rings is 2. The highest BCUT2D eigenvalue weighted by atomic mass is 32.2. The summed E-state index contributed by atoms with van der Waals surface area (Å²) in [6, 6.07) is 22.1. The maximum atomic E-state index is 13.6. The second kappa shape index (κ2) is 12.6. The van der Waals surface area contributed by atoms with Gasteiger partial charge < -0.3 is 10.1 Å². The van der Waals surface area contributed by atoms with Gasteiger partial charge in [-0.05, 0) is 48.0 Å². The lowest BCUT2D eigenvalue weighted by Crippen LogP contribution is -2.35. The molecule has 0 radical (unpaired) electrons. The van der Waals surface area contributed by atoms with E-state index in [1.165, 1.54) is 5.56 Å². The molecule has 44 heavy (non-hydrogen) atoms. The number of nitrogens with one attached hydrogen (secondary N) is 1. The quantitative estimate of drug-likeness (QED) is 0.213. The van der Waals surface area contributed by atoms with Crippen LogP contribution in [0.15, 0.2) is 82.7 Å². The molecule has 1 aliphatic rings. The third-order valence-electron chi connectivity index (χ3n) is 7.63. The Bertz CT molecular complexity index is 1780. The molecule has 0 saturated carbocycles. The predicted octanol–water partition coefficient (Wildman–Crippen LogP) is 6.57. The van der Waals surface area contributed by atoms with Gasteiger partial charge in [0.05, 0.1) is 24.6 Å². The lowest BCUT2D eigenvalue weighted by molar-refractivity contribution is 0.0342. The first-order chi connectivity index (χ1) is 21.1. The van der Waals surface area contributed by atoms with E-state index in [1.54, 1.807) is 11.8 Å². The molecule has 6 rings (SSSR count). The van der Waals surface area contributed by atoms with Crippen LogP contribution in [0.4, 0.5) is 5.82 Å². The molecule has 9 nitrogen and oxygen atoms in total. The summed E-state index contributed by atoms with van der Waals surface area (Å²) >= 11 is 1.60. The van der Waals surface area contributed by atoms with Crippen LogP contribution in [0.3, 0.4) is 0 Å². The van der Waals surface area contributed by atoms with Crippen LogP contribution in [0.5, 0.6) is 0 Å². The van der Waals surface area contributed by atoms with Gasteiger partial charge in [-0.3, -0.25) is 14.1 Å². The minimum absolute atomic E-state index is 0.185. The Kier molecular flexibility index (Phi) is 8.57. The Morgan fingerprint density at radius 2 is 1.77 bits per heavy atom. The van der Waals surface area contributed by atoms with Crippen molar-refractivity contribution in [3.8, 4) is 5.69 Å². The topological polar surface area (TPSA) is 89.6 Å². The van der Waals surface area contributed by atoms with Crippen molar-refractivity contribution in [3.05, 3.63) is 95.6 Å². The number of morpholine rings is 1. The molecule has 3 aromatic heterocycles. The summed E-state index contributed by atoms with van der Waals surface area (Å²) in [7, 11) is 0. The molecule has 0 aliphatic carbocycles. The molecule has 5 aromatic rings. The Hall–Kier alpha value is -3.99. The predicted molar refractivity (Wildman–Crippen MR) is 174 cm³/mol. The van der Waals surface area contributed by atoms with E-state index in [9.17, 15) is 4.79 Å². The number of fused-ring (bicyclic) bond motifs is 1. The van der Waals surface area contributed by atoms with E-state index in [-0.39, 0.29) is 17.2 Å². The normalized spacial score (nSPS) is 14.4. The summed E-state index contributed by atoms with van der Waals surface area (Å²) in [5.74, 6) is 1.64. The summed E-state index contributed by atoms with van der Waals surface area (Å²) in [4.78, 5) is 18.1. The van der Waals surface area contributed by atoms with Gasteiger partial charge in [-0.2, -0.15) is 5.10 Å². The molecule has 1 aliphatic heterocycles. The number of amides is 1. The summed E-state index contributed by atoms with van der Waals surface area (Å²) in [6.45, 7) is 14.8. The number of rotatable bonds is 8. The molecule has 0 spiro atoms. The van der Waals surface area contributed by atoms with E-state index in [2.05, 4.69) is 79.4 Å². The highest BCUT2D eigenvalue weighted by Gasteiger charge is 2.22. The zero-order valence-electron chi connectivity index (χ0n) is 25.9. The number of carbonyl (C=O) groups excluding carboxylic acids is 1. The molecular weight excluding hydrogens is 570 g/mol. The average Bonchev–Trinajstić information content (AvgIpc) is 3.63. The lowest BCUT2D eigenvalue weighted by atomic mass is 9.92. The van der Waals surface area contributed by atoms with E-state index < -0.39 is 0 Å². The Labute approximate surface area is 262 Å². The summed E-state index contributed by atoms with van der Waals surface area (Å²) < 4.78 is 9.40. The van der Waals surface area contributed by atoms with Crippen molar-refractivity contribution >= 4 is 29.1 Å². The summed E-state index contributed by atoms with van der Waals surface area (Å²) in [5, 5.41) is 16.7. The number of aromatic nitrogens is 5. The van der Waals surface area contributed by atoms with Gasteiger partial charge >= 0.3 is 0 Å². The number of hydrogen-bond donors (Lipinski definition) is 1. The number of nitrogens with zero attached hydrogens (tertiary/aromatic N) is 6. The van der Waals surface area contributed by atoms with Crippen LogP contribution in [-0.2, 0) is 16.7 Å². The molecule has 0 unspecified atom stereocenters. The number of pyridine rings is 1. The van der Waals surface area contributed by atoms with Crippen molar-refractivity contribution in [2.75, 3.05) is 31.6 Å². The lowest BCUT2D eigenvalue weighted by Gasteiger charge is -2.26. The molecule has 0 atom stereocenters. The Balaban J connectivity index is 1.24. The zero-order chi connectivity index (χ0) is 30.8. The first-order valence-electron chi connectivity index (χ1n) is 15.1. The van der Waals surface area contributed by atoms with Gasteiger partial charge in [0.15, 0.2) is 5.65 Å². The van der Waals surface area contributed by atoms with Crippen molar-refractivity contribution < 1.29 is 9.53 Å². The first-order valence-corrected chi connectivity index (χ1v) is 15.9. The molecule has 4 heterocycles. The van der Waals surface area contributed by atoms with E-state index in [0.29, 0.717) is 11.4 Å². The van der Waals surface area contributed by atoms with Crippen molar-refractivity contribution in [1.82, 2.24) is 29.3 Å². The molecule has 1 saturated heterocycles. The van der Waals surface area contributed by atoms with Crippen molar-refractivity contribution in [2.24, 2.45) is 0 Å². The fourth-order valence-corrected chi connectivity index (χ4v) is 6.10. The van der Waals surface area contributed by atoms with Gasteiger partial charge in [0.2, 0.25) is 0 Å². The highest BCUT2D eigenvalue weighted by molar-refractivity contribution is 7.99. The second-order valence-electron chi connectivity index (χ2n) is 12.5. The smallest absolute Gasteiger partial charge is 0.256 e. The third kappa shape index (κ3) is 6.72. The van der Waals surface area contributed by atoms with Crippen molar-refractivity contribution in [2.45, 2.75) is 62.3 Å². The zero-order valence-corrected chi connectivity index (χ0v) is 26.8. The molecule has 1 N–H and O–H groups in total. The van der Waals surface area contributed by atoms with Gasteiger partial charge in [-0.15, -0.1) is 10.2 Å². The fourth-order valence-electron chi connectivity index (χ4n) is 5.21. The van der Waals surface area contributed by atoms with Gasteiger partial charge in [0.1, 0.15) is 11.6 Å². The number of hydrogen-bond acceptors (Lipinski definition) is 7. The monoisotopic (exact) mass is 609 g/mol. The van der Waals surface area contributed by atoms with Crippen LogP contribution < -0.4 is 5.32 Å². The molecule has 10 heteroatoms. The number of carbonyl (C=O) groups is 1. The van der Waals surface area contributed by atoms with Gasteiger partial charge in [0.25, 0.3) is 5.91 Å². The van der Waals surface area contributed by atoms with E-state index in [1.807, 2.05) is 57.6 Å². The number of ether oxygens (including phenoxy) is 1. The van der Waals surface area contributed by atoms with Crippen LogP contribution in [0, 0.1) is 0 Å². The molecule has 0 bridgehead atoms. The maximum Gasteiger partial charge on any atom is 0.256 e. The standard InChI is InChI=1S/C34H39N7O2S/c1-23(2)32-37-36-30-13-12-28(22-40(30)32)44-27-11-7-9-25(19-27)33(42)35-31-20-29(34(3,4)5)38-41(31)26-10-6-8-24(18-26)21-39-14-16-43-17-15-39/h6-13,18-20,22-23H,14-17,21H2,1-5H3,(H,35,42). The summed E-state index contributed by atoms with van der Waals surface area (Å²) in [5.41, 5.74) is 4.23. The largest absolute Gasteiger partial charge is 0.379 e. The Morgan fingerprint density at radius 1 is 0.977 bits per heavy atom. The van der Waals surface area contributed by atoms with Gasteiger partial charge in [-0.25, -0.2) is 4.68 Å². The highest BCUT2D eigenvalue weighted by Crippen LogP contribution is 2.31. The fraction of sp³-hybridized carbons (Fsp3) is 0.353. The minimum atomic E-state index is -0.187. The van der Waals surface area contributed by atoms with Crippen molar-refractivity contribution in [1.29, 1.82) is 0 Å². The molecule has 2 aromatic carbocycles. The maximum absolute atomic E-state index is 13.6. The van der Waals surface area contributed by atoms with Crippen molar-refractivity contribution in [3.63, 3.8) is 0 Å². The van der Waals surface area contributed by atoms with Gasteiger partial charge in [0, 0.05) is 58.6 Å². The second-order valence-corrected chi connectivity index (χ2v) is 13.7. The minimum Gasteiger partial charge on any atom is -0.379 e. The summed E-state index contributed by atoms with van der Waals surface area (Å²) in [6.07, 6.45) is 2.06. The van der Waals surface area contributed by atoms with Crippen LogP contribution in [0.1, 0.15) is 68.0 Å².